The van der Waals surface area contributed by atoms with Crippen molar-refractivity contribution >= 4 is 44.8 Å². The van der Waals surface area contributed by atoms with E-state index in [0.29, 0.717) is 12.0 Å². The van der Waals surface area contributed by atoms with Crippen molar-refractivity contribution in [1.82, 2.24) is 10.2 Å². The standard InChI is InChI=1S/C30H34ClFN4O7S/c1-6-20(3)33-30(38)21(4)34(17-22-8-11-24(32)12-9-22)29(37)18-35(27-15-23(31)10-14-28(27)43-5)44(41,42)25-13-7-19(2)26(16-25)36(39)40/h7-16,20-21H,6,17-18H2,1-5H3,(H,33,38)/t20-,21-/m1/s1. The van der Waals surface area contributed by atoms with E-state index in [1.54, 1.807) is 6.92 Å². The molecule has 11 nitrogen and oxygen atoms in total. The Bertz CT molecular complexity index is 1640. The number of methoxy groups -OCH3 is 1. The van der Waals surface area contributed by atoms with Crippen LogP contribution in [-0.4, -0.2) is 55.8 Å². The molecule has 0 unspecified atom stereocenters. The number of ether oxygens (including phenoxy) is 1. The minimum absolute atomic E-state index is 0.0556. The van der Waals surface area contributed by atoms with Gasteiger partial charge in [0.1, 0.15) is 24.2 Å². The molecule has 2 amide bonds. The number of aryl methyl sites for hydroxylation is 1. The Morgan fingerprint density at radius 2 is 1.75 bits per heavy atom. The highest BCUT2D eigenvalue weighted by atomic mass is 35.5. The highest BCUT2D eigenvalue weighted by molar-refractivity contribution is 7.92. The van der Waals surface area contributed by atoms with Gasteiger partial charge in [0.05, 0.1) is 22.6 Å². The maximum absolute atomic E-state index is 14.2. The second-order valence-electron chi connectivity index (χ2n) is 10.2. The molecule has 0 bridgehead atoms. The molecule has 14 heteroatoms. The number of benzene rings is 3. The van der Waals surface area contributed by atoms with E-state index in [2.05, 4.69) is 5.32 Å². The van der Waals surface area contributed by atoms with Crippen LogP contribution >= 0.6 is 11.6 Å². The molecular formula is C30H34ClFN4O7S. The number of nitrogens with zero attached hydrogens (tertiary/aromatic N) is 3. The minimum Gasteiger partial charge on any atom is -0.495 e. The molecule has 0 aliphatic heterocycles. The molecule has 0 heterocycles. The number of rotatable bonds is 13. The molecule has 0 saturated carbocycles. The maximum atomic E-state index is 14.2. The number of carbonyl (C=O) groups excluding carboxylic acids is 2. The van der Waals surface area contributed by atoms with E-state index in [1.165, 1.54) is 80.5 Å². The summed E-state index contributed by atoms with van der Waals surface area (Å²) >= 11 is 6.23. The zero-order valence-corrected chi connectivity index (χ0v) is 26.5. The van der Waals surface area contributed by atoms with Gasteiger partial charge in [-0.05, 0) is 69.2 Å². The third-order valence-electron chi connectivity index (χ3n) is 7.09. The number of amides is 2. The summed E-state index contributed by atoms with van der Waals surface area (Å²) in [7, 11) is -3.36. The Hall–Kier alpha value is -4.23. The quantitative estimate of drug-likeness (QED) is 0.198. The first-order valence-electron chi connectivity index (χ1n) is 13.6. The number of nitro groups is 1. The summed E-state index contributed by atoms with van der Waals surface area (Å²) in [6, 6.07) is 11.6. The lowest BCUT2D eigenvalue weighted by Crippen LogP contribution is -2.52. The summed E-state index contributed by atoms with van der Waals surface area (Å²) < 4.78 is 48.1. The Balaban J connectivity index is 2.15. The van der Waals surface area contributed by atoms with Gasteiger partial charge in [0.25, 0.3) is 15.7 Å². The van der Waals surface area contributed by atoms with Gasteiger partial charge in [0.2, 0.25) is 11.8 Å². The Kier molecular flexibility index (Phi) is 11.3. The summed E-state index contributed by atoms with van der Waals surface area (Å²) in [6.45, 7) is 5.68. The molecule has 2 atom stereocenters. The van der Waals surface area contributed by atoms with Crippen LogP contribution in [0.2, 0.25) is 5.02 Å². The normalized spacial score (nSPS) is 12.6. The van der Waals surface area contributed by atoms with Crippen LogP contribution in [-0.2, 0) is 26.2 Å². The Labute approximate surface area is 260 Å². The summed E-state index contributed by atoms with van der Waals surface area (Å²) in [4.78, 5) is 38.9. The molecule has 3 rings (SSSR count). The molecule has 44 heavy (non-hydrogen) atoms. The molecule has 1 N–H and O–H groups in total. The Morgan fingerprint density at radius 3 is 2.34 bits per heavy atom. The van der Waals surface area contributed by atoms with E-state index in [4.69, 9.17) is 16.3 Å². The van der Waals surface area contributed by atoms with Gasteiger partial charge >= 0.3 is 0 Å². The predicted molar refractivity (Wildman–Crippen MR) is 165 cm³/mol. The van der Waals surface area contributed by atoms with Crippen LogP contribution in [0.5, 0.6) is 5.75 Å². The van der Waals surface area contributed by atoms with Gasteiger partial charge in [-0.25, -0.2) is 12.8 Å². The zero-order chi connectivity index (χ0) is 32.8. The van der Waals surface area contributed by atoms with Gasteiger partial charge in [-0.3, -0.25) is 24.0 Å². The van der Waals surface area contributed by atoms with Gasteiger partial charge in [-0.15, -0.1) is 0 Å². The van der Waals surface area contributed by atoms with Crippen LogP contribution in [0.3, 0.4) is 0 Å². The van der Waals surface area contributed by atoms with Gasteiger partial charge in [0.15, 0.2) is 0 Å². The van der Waals surface area contributed by atoms with E-state index in [0.717, 1.165) is 10.4 Å². The summed E-state index contributed by atoms with van der Waals surface area (Å²) in [5.41, 5.74) is 0.203. The second kappa shape index (κ2) is 14.5. The maximum Gasteiger partial charge on any atom is 0.273 e. The van der Waals surface area contributed by atoms with Crippen molar-refractivity contribution in [2.75, 3.05) is 18.0 Å². The van der Waals surface area contributed by atoms with E-state index >= 15 is 0 Å². The van der Waals surface area contributed by atoms with Gasteiger partial charge in [-0.2, -0.15) is 0 Å². The van der Waals surface area contributed by atoms with E-state index < -0.39 is 55.7 Å². The van der Waals surface area contributed by atoms with Crippen LogP contribution in [0.15, 0.2) is 65.6 Å². The summed E-state index contributed by atoms with van der Waals surface area (Å²) in [5.74, 6) is -1.70. The van der Waals surface area contributed by atoms with Crippen molar-refractivity contribution in [3.8, 4) is 5.75 Å². The molecular weight excluding hydrogens is 615 g/mol. The van der Waals surface area contributed by atoms with Crippen LogP contribution < -0.4 is 14.4 Å². The highest BCUT2D eigenvalue weighted by Gasteiger charge is 2.35. The largest absolute Gasteiger partial charge is 0.495 e. The van der Waals surface area contributed by atoms with Crippen molar-refractivity contribution < 1.29 is 32.1 Å². The van der Waals surface area contributed by atoms with Crippen molar-refractivity contribution in [3.63, 3.8) is 0 Å². The van der Waals surface area contributed by atoms with E-state index in [9.17, 15) is 32.5 Å². The first-order chi connectivity index (χ1) is 20.7. The molecule has 0 saturated heterocycles. The van der Waals surface area contributed by atoms with Crippen molar-refractivity contribution in [3.05, 3.63) is 92.7 Å². The van der Waals surface area contributed by atoms with E-state index in [-0.39, 0.29) is 34.6 Å². The van der Waals surface area contributed by atoms with Crippen molar-refractivity contribution in [1.29, 1.82) is 0 Å². The van der Waals surface area contributed by atoms with Crippen molar-refractivity contribution in [2.24, 2.45) is 0 Å². The van der Waals surface area contributed by atoms with Crippen LogP contribution in [0.4, 0.5) is 15.8 Å². The third-order valence-corrected chi connectivity index (χ3v) is 9.08. The molecule has 0 aliphatic rings. The molecule has 0 aromatic heterocycles. The molecule has 3 aromatic rings. The lowest BCUT2D eigenvalue weighted by molar-refractivity contribution is -0.385. The predicted octanol–water partition coefficient (Wildman–Crippen LogP) is 5.23. The SMILES string of the molecule is CC[C@@H](C)NC(=O)[C@@H](C)N(Cc1ccc(F)cc1)C(=O)CN(c1cc(Cl)ccc1OC)S(=O)(=O)c1ccc(C)c([N+](=O)[O-])c1. The van der Waals surface area contributed by atoms with Gasteiger partial charge < -0.3 is 15.0 Å². The smallest absolute Gasteiger partial charge is 0.273 e. The van der Waals surface area contributed by atoms with E-state index in [1.807, 2.05) is 6.92 Å². The van der Waals surface area contributed by atoms with Crippen LogP contribution in [0.25, 0.3) is 0 Å². The third kappa shape index (κ3) is 8.03. The van der Waals surface area contributed by atoms with Gasteiger partial charge in [0, 0.05) is 29.2 Å². The number of nitrogens with one attached hydrogen (secondary N) is 1. The minimum atomic E-state index is -4.66. The fraction of sp³-hybridized carbons (Fsp3) is 0.333. The summed E-state index contributed by atoms with van der Waals surface area (Å²) in [5, 5.41) is 14.6. The van der Waals surface area contributed by atoms with Crippen molar-refractivity contribution in [2.45, 2.75) is 57.6 Å². The fourth-order valence-corrected chi connectivity index (χ4v) is 5.88. The van der Waals surface area contributed by atoms with Crippen LogP contribution in [0, 0.1) is 22.9 Å². The molecule has 236 valence electrons. The molecule has 0 aliphatic carbocycles. The topological polar surface area (TPSA) is 139 Å². The number of sulfonamides is 1. The lowest BCUT2D eigenvalue weighted by Gasteiger charge is -2.32. The number of hydrogen-bond acceptors (Lipinski definition) is 7. The first-order valence-corrected chi connectivity index (χ1v) is 15.5. The fourth-order valence-electron chi connectivity index (χ4n) is 4.28. The number of halogens is 2. The molecule has 0 spiro atoms. The lowest BCUT2D eigenvalue weighted by atomic mass is 10.1. The zero-order valence-electron chi connectivity index (χ0n) is 24.9. The number of anilines is 1. The average molecular weight is 649 g/mol. The molecule has 0 fully saturated rings. The highest BCUT2D eigenvalue weighted by Crippen LogP contribution is 2.36. The number of carbonyl (C=O) groups is 2. The first kappa shape index (κ1) is 34.3. The monoisotopic (exact) mass is 648 g/mol. The van der Waals surface area contributed by atoms with Crippen LogP contribution in [0.1, 0.15) is 38.3 Å². The molecule has 0 radical (unpaired) electrons. The number of nitro benzene ring substituents is 1. The number of hydrogen-bond donors (Lipinski definition) is 1. The average Bonchev–Trinajstić information content (AvgIpc) is 2.98. The molecule has 3 aromatic carbocycles. The van der Waals surface area contributed by atoms with Gasteiger partial charge in [-0.1, -0.05) is 36.7 Å². The summed E-state index contributed by atoms with van der Waals surface area (Å²) in [6.07, 6.45) is 0.633. The Morgan fingerprint density at radius 1 is 1.09 bits per heavy atom. The second-order valence-corrected chi connectivity index (χ2v) is 12.5.